The molecule has 0 nitrogen and oxygen atoms in total. The third-order valence-electron chi connectivity index (χ3n) is 11.8. The largest absolute Gasteiger partial charge is 0.0654 e. The summed E-state index contributed by atoms with van der Waals surface area (Å²) in [5, 5.41) is 3.09. The highest BCUT2D eigenvalue weighted by molar-refractivity contribution is 7.73. The molecule has 55 heavy (non-hydrogen) atoms. The van der Waals surface area contributed by atoms with E-state index in [2.05, 4.69) is 189 Å². The van der Waals surface area contributed by atoms with Gasteiger partial charge in [-0.2, -0.15) is 0 Å². The fourth-order valence-electron chi connectivity index (χ4n) is 8.60. The molecule has 5 aromatic rings. The molecule has 0 aliphatic carbocycles. The number of hydrogen-bond acceptors (Lipinski definition) is 0. The predicted octanol–water partition coefficient (Wildman–Crippen LogP) is 16.3. The summed E-state index contributed by atoms with van der Waals surface area (Å²) in [7, 11) is -0.782. The first-order chi connectivity index (χ1) is 26.1. The second-order valence-corrected chi connectivity index (χ2v) is 20.3. The van der Waals surface area contributed by atoms with Crippen LogP contribution in [0.3, 0.4) is 0 Å². The van der Waals surface area contributed by atoms with Crippen LogP contribution < -0.4 is 10.6 Å². The van der Waals surface area contributed by atoms with Crippen LogP contribution in [0.25, 0.3) is 33.4 Å². The van der Waals surface area contributed by atoms with Gasteiger partial charge in [0, 0.05) is 0 Å². The number of benzene rings is 5. The molecule has 5 rings (SSSR count). The van der Waals surface area contributed by atoms with Crippen LogP contribution in [0.15, 0.2) is 84.9 Å². The molecular weight excluding hydrogens is 680 g/mol. The van der Waals surface area contributed by atoms with Crippen molar-refractivity contribution in [2.45, 2.75) is 152 Å². The van der Waals surface area contributed by atoms with Crippen LogP contribution in [0.1, 0.15) is 183 Å². The van der Waals surface area contributed by atoms with Gasteiger partial charge >= 0.3 is 0 Å². The molecule has 0 N–H and O–H groups in total. The number of hydrogen-bond donors (Lipinski definition) is 0. The maximum absolute atomic E-state index is 2.56. The molecule has 0 spiro atoms. The third-order valence-corrected chi connectivity index (χ3v) is 14.5. The Kier molecular flexibility index (Phi) is 14.1. The summed E-state index contributed by atoms with van der Waals surface area (Å²) in [6.45, 7) is 35.6. The van der Waals surface area contributed by atoms with Crippen molar-refractivity contribution in [1.82, 2.24) is 0 Å². The van der Waals surface area contributed by atoms with Gasteiger partial charge in [-0.3, -0.25) is 0 Å². The number of unbranched alkanes of at least 4 members (excludes halogenated alkanes) is 1. The van der Waals surface area contributed by atoms with E-state index in [1.165, 1.54) is 96.0 Å². The number of aryl methyl sites for hydroxylation is 2. The average Bonchev–Trinajstić information content (AvgIpc) is 3.14. The Bertz CT molecular complexity index is 1910. The average molecular weight is 751 g/mol. The van der Waals surface area contributed by atoms with Gasteiger partial charge in [-0.1, -0.05) is 181 Å². The van der Waals surface area contributed by atoms with Crippen LogP contribution in [0.5, 0.6) is 0 Å². The maximum atomic E-state index is 2.56. The lowest BCUT2D eigenvalue weighted by Gasteiger charge is -2.32. The zero-order valence-corrected chi connectivity index (χ0v) is 38.0. The van der Waals surface area contributed by atoms with Crippen LogP contribution in [-0.4, -0.2) is 6.16 Å². The molecule has 292 valence electrons. The second kappa shape index (κ2) is 18.2. The zero-order chi connectivity index (χ0) is 40.3. The van der Waals surface area contributed by atoms with Crippen molar-refractivity contribution >= 4 is 18.5 Å². The lowest BCUT2D eigenvalue weighted by molar-refractivity contribution is 0.807. The predicted molar refractivity (Wildman–Crippen MR) is 249 cm³/mol. The molecule has 0 amide bonds. The van der Waals surface area contributed by atoms with E-state index in [1.54, 1.807) is 5.30 Å². The van der Waals surface area contributed by atoms with Gasteiger partial charge in [0.1, 0.15) is 0 Å². The van der Waals surface area contributed by atoms with E-state index in [-0.39, 0.29) is 0 Å². The fraction of sp³-hybridized carbons (Fsp3) is 0.444. The van der Waals surface area contributed by atoms with Gasteiger partial charge in [-0.15, -0.1) is 0 Å². The van der Waals surface area contributed by atoms with E-state index in [0.29, 0.717) is 35.5 Å². The van der Waals surface area contributed by atoms with Gasteiger partial charge in [-0.05, 0) is 158 Å². The van der Waals surface area contributed by atoms with E-state index in [0.717, 1.165) is 6.16 Å². The highest BCUT2D eigenvalue weighted by atomic mass is 31.1. The lowest BCUT2D eigenvalue weighted by Crippen LogP contribution is -2.22. The summed E-state index contributed by atoms with van der Waals surface area (Å²) in [5.41, 5.74) is 20.3. The van der Waals surface area contributed by atoms with Gasteiger partial charge in [0.05, 0.1) is 0 Å². The van der Waals surface area contributed by atoms with Crippen molar-refractivity contribution in [3.05, 3.63) is 129 Å². The summed E-state index contributed by atoms with van der Waals surface area (Å²) >= 11 is 0. The van der Waals surface area contributed by atoms with Crippen molar-refractivity contribution in [2.75, 3.05) is 6.16 Å². The Morgan fingerprint density at radius 3 is 1.20 bits per heavy atom. The molecule has 0 fully saturated rings. The molecule has 0 saturated heterocycles. The van der Waals surface area contributed by atoms with Crippen molar-refractivity contribution in [2.24, 2.45) is 0 Å². The molecule has 1 unspecified atom stereocenters. The standard InChI is InChI=1S/C54H71P/c1-16-17-28-55(50-27-19-18-24-43(50)51-39(14)22-20-23-40(51)15)54-44(52-46(35(6)7)29-41(33(2)3)30-47(52)36(8)9)25-21-26-45(54)53-48(37(10)11)31-42(34(4)5)32-49(53)38(12)13/h18-27,29-38H,16-17,28H2,1-15H3. The fourth-order valence-corrected chi connectivity index (χ4v) is 11.6. The summed E-state index contributed by atoms with van der Waals surface area (Å²) in [6, 6.07) is 33.9. The van der Waals surface area contributed by atoms with Crippen LogP contribution in [0.4, 0.5) is 0 Å². The Labute approximate surface area is 338 Å². The van der Waals surface area contributed by atoms with Crippen molar-refractivity contribution in [1.29, 1.82) is 0 Å². The van der Waals surface area contributed by atoms with Crippen LogP contribution in [0, 0.1) is 13.8 Å². The van der Waals surface area contributed by atoms with Crippen LogP contribution in [-0.2, 0) is 0 Å². The molecule has 0 bridgehead atoms. The molecule has 0 aromatic heterocycles. The Morgan fingerprint density at radius 2 is 0.818 bits per heavy atom. The van der Waals surface area contributed by atoms with Crippen molar-refractivity contribution in [3.8, 4) is 33.4 Å². The maximum Gasteiger partial charge on any atom is -0.00384 e. The van der Waals surface area contributed by atoms with Crippen molar-refractivity contribution in [3.63, 3.8) is 0 Å². The van der Waals surface area contributed by atoms with Gasteiger partial charge in [0.25, 0.3) is 0 Å². The molecule has 0 aliphatic heterocycles. The van der Waals surface area contributed by atoms with Gasteiger partial charge < -0.3 is 0 Å². The van der Waals surface area contributed by atoms with Crippen LogP contribution >= 0.6 is 7.92 Å². The Hall–Kier alpha value is -3.47. The first kappa shape index (κ1) is 42.7. The molecule has 0 aliphatic rings. The second-order valence-electron chi connectivity index (χ2n) is 18.1. The summed E-state index contributed by atoms with van der Waals surface area (Å²) in [4.78, 5) is 0. The van der Waals surface area contributed by atoms with Gasteiger partial charge in [0.2, 0.25) is 0 Å². The molecule has 1 atom stereocenters. The van der Waals surface area contributed by atoms with E-state index in [4.69, 9.17) is 0 Å². The molecule has 0 radical (unpaired) electrons. The highest BCUT2D eigenvalue weighted by Crippen LogP contribution is 2.50. The van der Waals surface area contributed by atoms with Gasteiger partial charge in [-0.25, -0.2) is 0 Å². The first-order valence-corrected chi connectivity index (χ1v) is 23.0. The topological polar surface area (TPSA) is 0 Å². The monoisotopic (exact) mass is 751 g/mol. The minimum atomic E-state index is -0.782. The van der Waals surface area contributed by atoms with E-state index < -0.39 is 7.92 Å². The minimum absolute atomic E-state index is 0.397. The summed E-state index contributed by atoms with van der Waals surface area (Å²) < 4.78 is 0. The zero-order valence-electron chi connectivity index (χ0n) is 37.1. The quantitative estimate of drug-likeness (QED) is 0.0992. The summed E-state index contributed by atoms with van der Waals surface area (Å²) in [5.74, 6) is 2.54. The van der Waals surface area contributed by atoms with Crippen LogP contribution in [0.2, 0.25) is 0 Å². The Balaban J connectivity index is 2.07. The van der Waals surface area contributed by atoms with E-state index >= 15 is 0 Å². The highest BCUT2D eigenvalue weighted by Gasteiger charge is 2.31. The van der Waals surface area contributed by atoms with Gasteiger partial charge in [0.15, 0.2) is 0 Å². The lowest BCUT2D eigenvalue weighted by atomic mass is 9.79. The third kappa shape index (κ3) is 8.92. The summed E-state index contributed by atoms with van der Waals surface area (Å²) in [6.07, 6.45) is 3.53. The molecular formula is C54H71P. The van der Waals surface area contributed by atoms with Crippen molar-refractivity contribution < 1.29 is 0 Å². The molecule has 5 aromatic carbocycles. The first-order valence-electron chi connectivity index (χ1n) is 21.5. The smallest absolute Gasteiger partial charge is 0.00384 e. The molecule has 1 heteroatoms. The van der Waals surface area contributed by atoms with E-state index in [9.17, 15) is 0 Å². The number of rotatable bonds is 14. The minimum Gasteiger partial charge on any atom is -0.0654 e. The molecule has 0 saturated carbocycles. The van der Waals surface area contributed by atoms with E-state index in [1.807, 2.05) is 0 Å². The SMILES string of the molecule is CCCCP(c1ccccc1-c1c(C)cccc1C)c1c(-c2c(C(C)C)cc(C(C)C)cc2C(C)C)cccc1-c1c(C(C)C)cc(C(C)C)cc1C(C)C. The Morgan fingerprint density at radius 1 is 0.436 bits per heavy atom. The normalized spacial score (nSPS) is 12.7. The molecule has 0 heterocycles.